The van der Waals surface area contributed by atoms with Crippen LogP contribution < -0.4 is 0 Å². The molecule has 1 N–H and O–H groups in total. The molecule has 6 nitrogen and oxygen atoms in total. The van der Waals surface area contributed by atoms with Gasteiger partial charge in [-0.15, -0.1) is 0 Å². The largest absolute Gasteiger partial charge is 0.481 e. The molecule has 0 saturated carbocycles. The molecule has 2 aromatic rings. The second-order valence-electron chi connectivity index (χ2n) is 6.35. The highest BCUT2D eigenvalue weighted by molar-refractivity contribution is 6.32. The summed E-state index contributed by atoms with van der Waals surface area (Å²) in [5.41, 5.74) is 1.72. The summed E-state index contributed by atoms with van der Waals surface area (Å²) < 4.78 is 1.58. The van der Waals surface area contributed by atoms with E-state index >= 15 is 0 Å². The third-order valence-corrected chi connectivity index (χ3v) is 3.99. The van der Waals surface area contributed by atoms with Gasteiger partial charge in [-0.25, -0.2) is 4.68 Å². The van der Waals surface area contributed by atoms with Gasteiger partial charge in [0.15, 0.2) is 5.69 Å². The minimum atomic E-state index is -0.931. The summed E-state index contributed by atoms with van der Waals surface area (Å²) in [4.78, 5) is 25.3. The molecule has 25 heavy (non-hydrogen) atoms. The third-order valence-electron chi connectivity index (χ3n) is 3.67. The molecule has 0 atom stereocenters. The molecule has 2 rings (SSSR count). The van der Waals surface area contributed by atoms with Crippen molar-refractivity contribution >= 4 is 23.5 Å². The van der Waals surface area contributed by atoms with Crippen molar-refractivity contribution in [2.45, 2.75) is 27.2 Å². The molecule has 1 aromatic heterocycles. The molecule has 1 aromatic carbocycles. The number of carbonyl (C=O) groups excluding carboxylic acids is 1. The number of carboxylic acid groups (broad SMARTS) is 1. The molecular weight excluding hydrogens is 342 g/mol. The molecule has 0 aliphatic heterocycles. The molecule has 1 heterocycles. The molecule has 7 heteroatoms. The Morgan fingerprint density at radius 1 is 1.32 bits per heavy atom. The van der Waals surface area contributed by atoms with Gasteiger partial charge in [-0.05, 0) is 25.0 Å². The van der Waals surface area contributed by atoms with Crippen LogP contribution in [-0.2, 0) is 4.79 Å². The summed E-state index contributed by atoms with van der Waals surface area (Å²) in [6.45, 7) is 6.40. The first-order valence-electron chi connectivity index (χ1n) is 8.11. The van der Waals surface area contributed by atoms with E-state index in [9.17, 15) is 9.59 Å². The van der Waals surface area contributed by atoms with E-state index in [1.54, 1.807) is 28.8 Å². The molecule has 134 valence electrons. The van der Waals surface area contributed by atoms with E-state index in [1.165, 1.54) is 0 Å². The Hall–Kier alpha value is -2.34. The van der Waals surface area contributed by atoms with Gasteiger partial charge in [0.05, 0.1) is 17.1 Å². The predicted molar refractivity (Wildman–Crippen MR) is 96.3 cm³/mol. The summed E-state index contributed by atoms with van der Waals surface area (Å²) in [5.74, 6) is -0.971. The smallest absolute Gasteiger partial charge is 0.305 e. The monoisotopic (exact) mass is 363 g/mol. The lowest BCUT2D eigenvalue weighted by molar-refractivity contribution is -0.137. The molecule has 0 bridgehead atoms. The highest BCUT2D eigenvalue weighted by Crippen LogP contribution is 2.21. The maximum absolute atomic E-state index is 12.9. The van der Waals surface area contributed by atoms with Crippen molar-refractivity contribution in [2.24, 2.45) is 5.92 Å². The van der Waals surface area contributed by atoms with Crippen molar-refractivity contribution in [3.8, 4) is 5.69 Å². The van der Waals surface area contributed by atoms with Crippen LogP contribution in [0.4, 0.5) is 0 Å². The van der Waals surface area contributed by atoms with E-state index in [2.05, 4.69) is 5.10 Å². The second-order valence-corrected chi connectivity index (χ2v) is 6.75. The first-order chi connectivity index (χ1) is 11.8. The van der Waals surface area contributed by atoms with Crippen molar-refractivity contribution in [2.75, 3.05) is 13.1 Å². The molecule has 0 fully saturated rings. The number of aromatic nitrogens is 2. The minimum Gasteiger partial charge on any atom is -0.481 e. The number of carbonyl (C=O) groups is 2. The van der Waals surface area contributed by atoms with E-state index in [0.717, 1.165) is 0 Å². The Balaban J connectivity index is 2.30. The number of hydrogen-bond acceptors (Lipinski definition) is 3. The number of benzene rings is 1. The quantitative estimate of drug-likeness (QED) is 0.817. The van der Waals surface area contributed by atoms with Gasteiger partial charge in [0.1, 0.15) is 0 Å². The Kier molecular flexibility index (Phi) is 6.20. The summed E-state index contributed by atoms with van der Waals surface area (Å²) in [6, 6.07) is 7.24. The molecule has 0 radical (unpaired) electrons. The van der Waals surface area contributed by atoms with Gasteiger partial charge in [0, 0.05) is 24.8 Å². The highest BCUT2D eigenvalue weighted by Gasteiger charge is 2.23. The number of para-hydroxylation sites is 1. The van der Waals surface area contributed by atoms with Crippen LogP contribution in [0.5, 0.6) is 0 Å². The molecule has 0 aliphatic carbocycles. The Morgan fingerprint density at radius 2 is 2.00 bits per heavy atom. The predicted octanol–water partition coefficient (Wildman–Crippen LogP) is 3.41. The van der Waals surface area contributed by atoms with Crippen molar-refractivity contribution in [1.29, 1.82) is 0 Å². The fourth-order valence-electron chi connectivity index (χ4n) is 2.53. The average molecular weight is 364 g/mol. The van der Waals surface area contributed by atoms with Gasteiger partial charge in [0.2, 0.25) is 0 Å². The summed E-state index contributed by atoms with van der Waals surface area (Å²) >= 11 is 6.19. The average Bonchev–Trinajstić information content (AvgIpc) is 2.92. The Labute approximate surface area is 152 Å². The Bertz CT molecular complexity index is 771. The maximum Gasteiger partial charge on any atom is 0.305 e. The van der Waals surface area contributed by atoms with Crippen LogP contribution >= 0.6 is 11.6 Å². The lowest BCUT2D eigenvalue weighted by Gasteiger charge is -2.23. The standard InChI is InChI=1S/C18H22ClN3O3/c1-12(2)10-21(9-8-16(23)24)18(25)17-13(3)11-22(20-17)15-7-5-4-6-14(15)19/h4-7,11-12H,8-10H2,1-3H3,(H,23,24). The zero-order valence-electron chi connectivity index (χ0n) is 14.6. The van der Waals surface area contributed by atoms with Gasteiger partial charge in [-0.1, -0.05) is 37.6 Å². The molecule has 0 saturated heterocycles. The number of hydrogen-bond donors (Lipinski definition) is 1. The first-order valence-corrected chi connectivity index (χ1v) is 8.49. The highest BCUT2D eigenvalue weighted by atomic mass is 35.5. The first kappa shape index (κ1) is 19.0. The molecule has 0 spiro atoms. The third kappa shape index (κ3) is 4.82. The second kappa shape index (κ2) is 8.16. The summed E-state index contributed by atoms with van der Waals surface area (Å²) in [6.07, 6.45) is 1.65. The van der Waals surface area contributed by atoms with Crippen LogP contribution in [0.2, 0.25) is 5.02 Å². The fraction of sp³-hybridized carbons (Fsp3) is 0.389. The van der Waals surface area contributed by atoms with Crippen molar-refractivity contribution < 1.29 is 14.7 Å². The van der Waals surface area contributed by atoms with Crippen LogP contribution in [-0.4, -0.2) is 44.8 Å². The lowest BCUT2D eigenvalue weighted by Crippen LogP contribution is -2.36. The number of aliphatic carboxylic acids is 1. The van der Waals surface area contributed by atoms with Crippen molar-refractivity contribution in [1.82, 2.24) is 14.7 Å². The van der Waals surface area contributed by atoms with Crippen LogP contribution in [0, 0.1) is 12.8 Å². The maximum atomic E-state index is 12.9. The summed E-state index contributed by atoms with van der Waals surface area (Å²) in [5, 5.41) is 13.8. The van der Waals surface area contributed by atoms with Gasteiger partial charge in [-0.2, -0.15) is 5.10 Å². The molecule has 0 unspecified atom stereocenters. The van der Waals surface area contributed by atoms with Crippen LogP contribution in [0.1, 0.15) is 36.3 Å². The topological polar surface area (TPSA) is 75.4 Å². The SMILES string of the molecule is Cc1cn(-c2ccccc2Cl)nc1C(=O)N(CCC(=O)O)CC(C)C. The number of amides is 1. The minimum absolute atomic E-state index is 0.0945. The zero-order chi connectivity index (χ0) is 18.6. The fourth-order valence-corrected chi connectivity index (χ4v) is 2.75. The number of rotatable bonds is 7. The van der Waals surface area contributed by atoms with Crippen molar-refractivity contribution in [3.63, 3.8) is 0 Å². The van der Waals surface area contributed by atoms with Gasteiger partial charge < -0.3 is 10.0 Å². The van der Waals surface area contributed by atoms with Gasteiger partial charge in [-0.3, -0.25) is 9.59 Å². The van der Waals surface area contributed by atoms with E-state index in [1.807, 2.05) is 32.0 Å². The van der Waals surface area contributed by atoms with Gasteiger partial charge >= 0.3 is 5.97 Å². The van der Waals surface area contributed by atoms with E-state index in [-0.39, 0.29) is 24.8 Å². The Morgan fingerprint density at radius 3 is 2.60 bits per heavy atom. The van der Waals surface area contributed by atoms with Crippen LogP contribution in [0.15, 0.2) is 30.5 Å². The lowest BCUT2D eigenvalue weighted by atomic mass is 10.1. The zero-order valence-corrected chi connectivity index (χ0v) is 15.3. The molecule has 1 amide bonds. The number of halogens is 1. The number of nitrogens with zero attached hydrogens (tertiary/aromatic N) is 3. The normalized spacial score (nSPS) is 10.9. The van der Waals surface area contributed by atoms with Gasteiger partial charge in [0.25, 0.3) is 5.91 Å². The number of carboxylic acids is 1. The number of aryl methyl sites for hydroxylation is 1. The molecular formula is C18H22ClN3O3. The van der Waals surface area contributed by atoms with E-state index in [0.29, 0.717) is 28.5 Å². The van der Waals surface area contributed by atoms with E-state index in [4.69, 9.17) is 16.7 Å². The summed E-state index contributed by atoms with van der Waals surface area (Å²) in [7, 11) is 0. The van der Waals surface area contributed by atoms with E-state index < -0.39 is 5.97 Å². The van der Waals surface area contributed by atoms with Crippen LogP contribution in [0.3, 0.4) is 0 Å². The van der Waals surface area contributed by atoms with Crippen molar-refractivity contribution in [3.05, 3.63) is 46.7 Å². The molecule has 0 aliphatic rings. The van der Waals surface area contributed by atoms with Crippen LogP contribution in [0.25, 0.3) is 5.69 Å².